The van der Waals surface area contributed by atoms with Gasteiger partial charge in [0, 0.05) is 38.6 Å². The first-order chi connectivity index (χ1) is 14.2. The third kappa shape index (κ3) is 2.64. The molecule has 3 heteroatoms. The zero-order chi connectivity index (χ0) is 21.3. The topological polar surface area (TPSA) is 29.9 Å². The molecule has 1 aliphatic rings. The molecule has 1 atom stereocenters. The van der Waals surface area contributed by atoms with Crippen molar-refractivity contribution in [2.24, 2.45) is 7.05 Å². The molecule has 3 aromatic heterocycles. The molecule has 1 fully saturated rings. The highest BCUT2D eigenvalue weighted by atomic mass is 16.3. The van der Waals surface area contributed by atoms with Crippen LogP contribution in [0.1, 0.15) is 52.5 Å². The zero-order valence-electron chi connectivity index (χ0n) is 19.0. The van der Waals surface area contributed by atoms with Crippen LogP contribution in [0, 0.1) is 13.8 Å². The number of hydrogen-bond acceptors (Lipinski definition) is 2. The Balaban J connectivity index is 1.77. The Labute approximate surface area is 163 Å². The number of aryl methyl sites for hydroxylation is 3. The number of hydrogen-bond donors (Lipinski definition) is 0. The van der Waals surface area contributed by atoms with Crippen molar-refractivity contribution in [3.63, 3.8) is 0 Å². The van der Waals surface area contributed by atoms with Crippen molar-refractivity contribution in [3.05, 3.63) is 59.4 Å². The fraction of sp³-hybridized carbons (Fsp3) is 0.333. The molecule has 3 heterocycles. The predicted octanol–water partition coefficient (Wildman–Crippen LogP) is 5.75. The molecule has 5 rings (SSSR count). The highest BCUT2D eigenvalue weighted by Crippen LogP contribution is 2.38. The largest absolute Gasteiger partial charge is 0.437 e. The Bertz CT molecular complexity index is 1310. The summed E-state index contributed by atoms with van der Waals surface area (Å²) in [6, 6.07) is 12.1. The van der Waals surface area contributed by atoms with Gasteiger partial charge in [0.05, 0.1) is 5.56 Å². The summed E-state index contributed by atoms with van der Waals surface area (Å²) >= 11 is 0. The number of furan rings is 1. The van der Waals surface area contributed by atoms with Gasteiger partial charge in [-0.1, -0.05) is 25.0 Å². The van der Waals surface area contributed by atoms with Crippen LogP contribution in [0.5, 0.6) is 0 Å². The van der Waals surface area contributed by atoms with Gasteiger partial charge in [0.25, 0.3) is 0 Å². The molecule has 3 nitrogen and oxygen atoms in total. The van der Waals surface area contributed by atoms with Crippen LogP contribution >= 0.6 is 0 Å². The average molecular weight is 360 g/mol. The number of benzene rings is 1. The van der Waals surface area contributed by atoms with E-state index in [0.717, 1.165) is 33.2 Å². The Morgan fingerprint density at radius 2 is 2.00 bits per heavy atom. The van der Waals surface area contributed by atoms with E-state index in [1.807, 2.05) is 19.3 Å². The van der Waals surface area contributed by atoms with E-state index in [0.29, 0.717) is 30.7 Å². The zero-order valence-corrected chi connectivity index (χ0v) is 16.0. The van der Waals surface area contributed by atoms with Gasteiger partial charge in [-0.3, -0.25) is 0 Å². The van der Waals surface area contributed by atoms with Crippen LogP contribution in [-0.2, 0) is 7.05 Å². The van der Waals surface area contributed by atoms with E-state index in [1.54, 1.807) is 6.07 Å². The SMILES string of the molecule is [2H]C1([2H])CCCC1([2H])c1ccc2c(n1)oc1c(-c3cc(C)cc[n+]3C)c(C)ccc12. The molecule has 1 saturated carbocycles. The number of fused-ring (bicyclic) bond motifs is 3. The molecular weight excluding hydrogens is 332 g/mol. The van der Waals surface area contributed by atoms with Gasteiger partial charge in [-0.25, -0.2) is 9.55 Å². The van der Waals surface area contributed by atoms with E-state index in [4.69, 9.17) is 8.53 Å². The Morgan fingerprint density at radius 1 is 1.15 bits per heavy atom. The first-order valence-electron chi connectivity index (χ1n) is 11.0. The summed E-state index contributed by atoms with van der Waals surface area (Å²) in [5.41, 5.74) is 6.11. The lowest BCUT2D eigenvalue weighted by Crippen LogP contribution is -2.30. The smallest absolute Gasteiger partial charge is 0.227 e. The standard InChI is InChI=1S/C24H25N2O/c1-15-12-13-26(3)21(14-15)22-16(2)8-9-18-19-10-11-20(17-6-4-5-7-17)25-24(19)27-23(18)22/h8-14,17H,4-7H2,1-3H3/q+1/i6D2,17D. The second-order valence-corrected chi connectivity index (χ2v) is 7.49. The highest BCUT2D eigenvalue weighted by molar-refractivity contribution is 6.08. The van der Waals surface area contributed by atoms with Gasteiger partial charge >= 0.3 is 0 Å². The van der Waals surface area contributed by atoms with Gasteiger partial charge in [-0.05, 0) is 49.9 Å². The maximum Gasteiger partial charge on any atom is 0.227 e. The number of nitrogens with zero attached hydrogens (tertiary/aromatic N) is 2. The van der Waals surface area contributed by atoms with Gasteiger partial charge in [0.15, 0.2) is 11.8 Å². The molecule has 0 saturated heterocycles. The highest BCUT2D eigenvalue weighted by Gasteiger charge is 2.23. The molecule has 1 unspecified atom stereocenters. The molecule has 27 heavy (non-hydrogen) atoms. The molecule has 4 aromatic rings. The monoisotopic (exact) mass is 360 g/mol. The summed E-state index contributed by atoms with van der Waals surface area (Å²) < 4.78 is 33.8. The van der Waals surface area contributed by atoms with Crippen LogP contribution in [0.15, 0.2) is 47.0 Å². The molecule has 0 spiro atoms. The van der Waals surface area contributed by atoms with Crippen LogP contribution in [-0.4, -0.2) is 4.98 Å². The van der Waals surface area contributed by atoms with E-state index in [9.17, 15) is 0 Å². The molecular formula is C24H25N2O+. The summed E-state index contributed by atoms with van der Waals surface area (Å²) in [5.74, 6) is -1.33. The molecule has 1 aromatic carbocycles. The Morgan fingerprint density at radius 3 is 2.81 bits per heavy atom. The summed E-state index contributed by atoms with van der Waals surface area (Å²) in [4.78, 5) is 4.67. The lowest BCUT2D eigenvalue weighted by atomic mass is 9.99. The van der Waals surface area contributed by atoms with Gasteiger partial charge in [-0.2, -0.15) is 0 Å². The van der Waals surface area contributed by atoms with E-state index < -0.39 is 12.3 Å². The second-order valence-electron chi connectivity index (χ2n) is 7.49. The average Bonchev–Trinajstić information content (AvgIpc) is 3.20. The lowest BCUT2D eigenvalue weighted by Gasteiger charge is -2.06. The third-order valence-electron chi connectivity index (χ3n) is 5.53. The molecule has 0 radical (unpaired) electrons. The summed E-state index contributed by atoms with van der Waals surface area (Å²) in [7, 11) is 2.03. The second kappa shape index (κ2) is 6.19. The molecule has 0 aliphatic heterocycles. The maximum atomic E-state index is 8.81. The van der Waals surface area contributed by atoms with Gasteiger partial charge in [0.1, 0.15) is 7.05 Å². The minimum atomic E-state index is -1.59. The van der Waals surface area contributed by atoms with E-state index in [2.05, 4.69) is 47.7 Å². The molecule has 0 N–H and O–H groups in total. The van der Waals surface area contributed by atoms with Crippen LogP contribution in [0.4, 0.5) is 0 Å². The van der Waals surface area contributed by atoms with Crippen molar-refractivity contribution in [3.8, 4) is 11.3 Å². The van der Waals surface area contributed by atoms with Crippen LogP contribution in [0.3, 0.4) is 0 Å². The van der Waals surface area contributed by atoms with Gasteiger partial charge < -0.3 is 4.42 Å². The van der Waals surface area contributed by atoms with Crippen molar-refractivity contribution >= 4 is 22.1 Å². The van der Waals surface area contributed by atoms with Crippen molar-refractivity contribution in [1.29, 1.82) is 0 Å². The fourth-order valence-electron chi connectivity index (χ4n) is 4.04. The van der Waals surface area contributed by atoms with Crippen LogP contribution in [0.25, 0.3) is 33.3 Å². The van der Waals surface area contributed by atoms with Crippen molar-refractivity contribution in [2.75, 3.05) is 0 Å². The third-order valence-corrected chi connectivity index (χ3v) is 5.53. The van der Waals surface area contributed by atoms with E-state index in [1.165, 1.54) is 5.56 Å². The summed E-state index contributed by atoms with van der Waals surface area (Å²) in [5, 5.41) is 1.88. The Hall–Kier alpha value is -2.68. The minimum Gasteiger partial charge on any atom is -0.437 e. The molecule has 136 valence electrons. The summed E-state index contributed by atoms with van der Waals surface area (Å²) in [6.45, 7) is 4.16. The van der Waals surface area contributed by atoms with Crippen molar-refractivity contribution in [2.45, 2.75) is 45.4 Å². The quantitative estimate of drug-likeness (QED) is 0.426. The van der Waals surface area contributed by atoms with Crippen LogP contribution < -0.4 is 4.57 Å². The van der Waals surface area contributed by atoms with Crippen LogP contribution in [0.2, 0.25) is 0 Å². The normalized spacial score (nSPS) is 23.4. The maximum absolute atomic E-state index is 8.81. The molecule has 0 amide bonds. The van der Waals surface area contributed by atoms with Crippen molar-refractivity contribution < 1.29 is 13.1 Å². The fourth-order valence-corrected chi connectivity index (χ4v) is 4.04. The first kappa shape index (κ1) is 13.5. The van der Waals surface area contributed by atoms with Gasteiger partial charge in [-0.15, -0.1) is 0 Å². The number of pyridine rings is 2. The lowest BCUT2D eigenvalue weighted by molar-refractivity contribution is -0.660. The number of aromatic nitrogens is 2. The first-order valence-corrected chi connectivity index (χ1v) is 9.51. The number of rotatable bonds is 2. The van der Waals surface area contributed by atoms with E-state index in [-0.39, 0.29) is 0 Å². The summed E-state index contributed by atoms with van der Waals surface area (Å²) in [6.07, 6.45) is 2.03. The van der Waals surface area contributed by atoms with Gasteiger partial charge in [0.2, 0.25) is 11.4 Å². The Kier molecular flexibility index (Phi) is 3.09. The minimum absolute atomic E-state index is 0.392. The molecule has 1 aliphatic carbocycles. The van der Waals surface area contributed by atoms with E-state index >= 15 is 0 Å². The van der Waals surface area contributed by atoms with Crippen molar-refractivity contribution in [1.82, 2.24) is 4.98 Å². The molecule has 0 bridgehead atoms. The predicted molar refractivity (Wildman–Crippen MR) is 109 cm³/mol.